The van der Waals surface area contributed by atoms with Crippen LogP contribution in [0.5, 0.6) is 0 Å². The van der Waals surface area contributed by atoms with Gasteiger partial charge in [-0.25, -0.2) is 0 Å². The molecule has 1 radical (unpaired) electrons. The predicted molar refractivity (Wildman–Crippen MR) is 43.0 cm³/mol. The second-order valence-corrected chi connectivity index (χ2v) is 3.14. The molecule has 3 nitrogen and oxygen atoms in total. The van der Waals surface area contributed by atoms with Crippen LogP contribution in [0.25, 0.3) is 0 Å². The predicted octanol–water partition coefficient (Wildman–Crippen LogP) is 0.670. The smallest absolute Gasteiger partial charge is 0.255 e. The first-order valence-electron chi connectivity index (χ1n) is 4.21. The van der Waals surface area contributed by atoms with Crippen molar-refractivity contribution in [2.45, 2.75) is 32.2 Å². The number of carbonyl (C=O) groups excluding carboxylic acids is 1. The Bertz CT molecular complexity index is 141. The van der Waals surface area contributed by atoms with Gasteiger partial charge in [-0.3, -0.25) is 15.4 Å². The zero-order chi connectivity index (χ0) is 8.27. The Hall–Kier alpha value is -0.570. The minimum atomic E-state index is -0.452. The van der Waals surface area contributed by atoms with E-state index in [9.17, 15) is 4.79 Å². The van der Waals surface area contributed by atoms with Crippen LogP contribution < -0.4 is 5.73 Å². The minimum Gasteiger partial charge on any atom is -0.292 e. The third-order valence-corrected chi connectivity index (χ3v) is 2.32. The Morgan fingerprint density at radius 3 is 2.36 bits per heavy atom. The molecule has 0 aromatic rings. The third kappa shape index (κ3) is 2.19. The minimum absolute atomic E-state index is 0.185. The molecule has 1 amide bonds. The lowest BCUT2D eigenvalue weighted by atomic mass is 10.1. The molecule has 0 bridgehead atoms. The van der Waals surface area contributed by atoms with Gasteiger partial charge in [0.15, 0.2) is 0 Å². The Morgan fingerprint density at radius 2 is 1.91 bits per heavy atom. The summed E-state index contributed by atoms with van der Waals surface area (Å²) in [6, 6.07) is -0.185. The average molecular weight is 155 g/mol. The molecular formula is C8H15N2O. The highest BCUT2D eigenvalue weighted by Crippen LogP contribution is 2.11. The summed E-state index contributed by atoms with van der Waals surface area (Å²) < 4.78 is 0. The highest BCUT2D eigenvalue weighted by atomic mass is 16.1. The average Bonchev–Trinajstić information content (AvgIpc) is 2.05. The Morgan fingerprint density at radius 1 is 1.36 bits per heavy atom. The molecule has 63 valence electrons. The summed E-state index contributed by atoms with van der Waals surface area (Å²) in [5, 5.41) is 0. The van der Waals surface area contributed by atoms with Gasteiger partial charge >= 0.3 is 0 Å². The first-order chi connectivity index (χ1) is 5.22. The van der Waals surface area contributed by atoms with Crippen LogP contribution in [-0.4, -0.2) is 29.9 Å². The van der Waals surface area contributed by atoms with Crippen molar-refractivity contribution in [3.8, 4) is 0 Å². The van der Waals surface area contributed by atoms with E-state index in [0.717, 1.165) is 13.1 Å². The summed E-state index contributed by atoms with van der Waals surface area (Å²) in [5.74, 6) is -0.452. The molecule has 1 saturated heterocycles. The normalized spacial score (nSPS) is 23.0. The topological polar surface area (TPSA) is 44.1 Å². The second kappa shape index (κ2) is 3.72. The van der Waals surface area contributed by atoms with Gasteiger partial charge < -0.3 is 0 Å². The van der Waals surface area contributed by atoms with Crippen LogP contribution in [0, 0.1) is 0 Å². The van der Waals surface area contributed by atoms with Crippen molar-refractivity contribution in [3.05, 3.63) is 0 Å². The van der Waals surface area contributed by atoms with E-state index in [1.807, 2.05) is 6.92 Å². The van der Waals surface area contributed by atoms with E-state index in [0.29, 0.717) is 0 Å². The van der Waals surface area contributed by atoms with Crippen LogP contribution in [0.1, 0.15) is 26.2 Å². The number of amides is 1. The van der Waals surface area contributed by atoms with E-state index in [1.165, 1.54) is 19.3 Å². The Kier molecular flexibility index (Phi) is 2.88. The largest absolute Gasteiger partial charge is 0.292 e. The van der Waals surface area contributed by atoms with Crippen molar-refractivity contribution < 1.29 is 4.79 Å². The Balaban J connectivity index is 2.38. The van der Waals surface area contributed by atoms with Gasteiger partial charge in [-0.15, -0.1) is 0 Å². The fourth-order valence-corrected chi connectivity index (χ4v) is 1.47. The zero-order valence-corrected chi connectivity index (χ0v) is 6.97. The van der Waals surface area contributed by atoms with Crippen molar-refractivity contribution in [2.75, 3.05) is 13.1 Å². The van der Waals surface area contributed by atoms with E-state index in [2.05, 4.69) is 4.90 Å². The highest BCUT2D eigenvalue weighted by Gasteiger charge is 2.20. The summed E-state index contributed by atoms with van der Waals surface area (Å²) in [7, 11) is 0. The second-order valence-electron chi connectivity index (χ2n) is 3.14. The number of nitrogens with one attached hydrogen (secondary N) is 1. The molecule has 1 fully saturated rings. The van der Waals surface area contributed by atoms with Crippen molar-refractivity contribution in [1.82, 2.24) is 10.6 Å². The molecule has 1 aliphatic heterocycles. The SMILES string of the molecule is CC(C([NH])=O)N1CCCCC1. The maximum Gasteiger partial charge on any atom is 0.255 e. The van der Waals surface area contributed by atoms with Gasteiger partial charge in [0.25, 0.3) is 5.91 Å². The van der Waals surface area contributed by atoms with Gasteiger partial charge in [0, 0.05) is 0 Å². The molecule has 0 aromatic carbocycles. The van der Waals surface area contributed by atoms with Crippen LogP contribution >= 0.6 is 0 Å². The third-order valence-electron chi connectivity index (χ3n) is 2.32. The number of hydrogen-bond donors (Lipinski definition) is 0. The molecule has 1 aliphatic rings. The maximum atomic E-state index is 10.7. The van der Waals surface area contributed by atoms with Gasteiger partial charge in [-0.05, 0) is 32.9 Å². The number of hydrogen-bond acceptors (Lipinski definition) is 2. The van der Waals surface area contributed by atoms with Crippen LogP contribution in [0.15, 0.2) is 0 Å². The summed E-state index contributed by atoms with van der Waals surface area (Å²) in [6.07, 6.45) is 3.63. The first kappa shape index (κ1) is 8.53. The Labute approximate surface area is 67.5 Å². The van der Waals surface area contributed by atoms with Crippen molar-refractivity contribution in [1.29, 1.82) is 0 Å². The molecule has 11 heavy (non-hydrogen) atoms. The van der Waals surface area contributed by atoms with E-state index in [4.69, 9.17) is 5.73 Å². The standard InChI is InChI=1S/C8H15N2O/c1-7(8(9)11)10-5-3-2-4-6-10/h7,9H,2-6H2,1H3. The molecule has 1 N–H and O–H groups in total. The van der Waals surface area contributed by atoms with Crippen LogP contribution in [0.2, 0.25) is 0 Å². The fraction of sp³-hybridized carbons (Fsp3) is 0.875. The van der Waals surface area contributed by atoms with Crippen LogP contribution in [0.3, 0.4) is 0 Å². The molecule has 0 aliphatic carbocycles. The fourth-order valence-electron chi connectivity index (χ4n) is 1.47. The lowest BCUT2D eigenvalue weighted by Crippen LogP contribution is -2.42. The van der Waals surface area contributed by atoms with Crippen molar-refractivity contribution in [3.63, 3.8) is 0 Å². The summed E-state index contributed by atoms with van der Waals surface area (Å²) >= 11 is 0. The van der Waals surface area contributed by atoms with E-state index < -0.39 is 5.91 Å². The molecule has 1 atom stereocenters. The summed E-state index contributed by atoms with van der Waals surface area (Å²) in [5.41, 5.74) is 6.94. The number of rotatable bonds is 2. The molecule has 0 aromatic heterocycles. The lowest BCUT2D eigenvalue weighted by molar-refractivity contribution is -0.123. The molecule has 3 heteroatoms. The van der Waals surface area contributed by atoms with Crippen LogP contribution in [0.4, 0.5) is 0 Å². The van der Waals surface area contributed by atoms with Gasteiger partial charge in [-0.1, -0.05) is 6.42 Å². The lowest BCUT2D eigenvalue weighted by Gasteiger charge is -2.29. The van der Waals surface area contributed by atoms with Crippen molar-refractivity contribution >= 4 is 5.91 Å². The van der Waals surface area contributed by atoms with Gasteiger partial charge in [-0.2, -0.15) is 0 Å². The molecule has 1 heterocycles. The summed E-state index contributed by atoms with van der Waals surface area (Å²) in [6.45, 7) is 3.80. The van der Waals surface area contributed by atoms with Crippen molar-refractivity contribution in [2.24, 2.45) is 0 Å². The van der Waals surface area contributed by atoms with Gasteiger partial charge in [0.1, 0.15) is 0 Å². The van der Waals surface area contributed by atoms with E-state index >= 15 is 0 Å². The molecule has 1 rings (SSSR count). The van der Waals surface area contributed by atoms with E-state index in [1.54, 1.807) is 0 Å². The summed E-state index contributed by atoms with van der Waals surface area (Å²) in [4.78, 5) is 12.8. The molecule has 0 spiro atoms. The number of carbonyl (C=O) groups is 1. The van der Waals surface area contributed by atoms with Gasteiger partial charge in [0.05, 0.1) is 6.04 Å². The first-order valence-corrected chi connectivity index (χ1v) is 4.21. The number of likely N-dealkylation sites (tertiary alicyclic amines) is 1. The molecule has 0 saturated carbocycles. The van der Waals surface area contributed by atoms with Crippen LogP contribution in [-0.2, 0) is 4.79 Å². The number of nitrogens with zero attached hydrogens (tertiary/aromatic N) is 1. The number of piperidine rings is 1. The van der Waals surface area contributed by atoms with E-state index in [-0.39, 0.29) is 6.04 Å². The zero-order valence-electron chi connectivity index (χ0n) is 6.97. The monoisotopic (exact) mass is 155 g/mol. The maximum absolute atomic E-state index is 10.7. The highest BCUT2D eigenvalue weighted by molar-refractivity contribution is 5.78. The quantitative estimate of drug-likeness (QED) is 0.588. The van der Waals surface area contributed by atoms with Gasteiger partial charge in [0.2, 0.25) is 0 Å². The molecular weight excluding hydrogens is 140 g/mol. The molecule has 1 unspecified atom stereocenters.